The highest BCUT2D eigenvalue weighted by atomic mass is 16.4. The Morgan fingerprint density at radius 2 is 2.14 bits per heavy atom. The molecular formula is C10H9NO3. The average molecular weight is 191 g/mol. The van der Waals surface area contributed by atoms with Gasteiger partial charge in [0.15, 0.2) is 0 Å². The molecule has 1 amide bonds. The molecule has 14 heavy (non-hydrogen) atoms. The number of rotatable bonds is 2. The van der Waals surface area contributed by atoms with Gasteiger partial charge < -0.3 is 10.0 Å². The Morgan fingerprint density at radius 3 is 2.79 bits per heavy atom. The molecule has 0 bridgehead atoms. The molecule has 2 rings (SSSR count). The monoisotopic (exact) mass is 191 g/mol. The van der Waals surface area contributed by atoms with Crippen LogP contribution >= 0.6 is 0 Å². The zero-order valence-electron chi connectivity index (χ0n) is 7.43. The van der Waals surface area contributed by atoms with Gasteiger partial charge in [0, 0.05) is 12.1 Å². The maximum atomic E-state index is 11.6. The number of carboxylic acid groups (broad SMARTS) is 1. The van der Waals surface area contributed by atoms with Crippen molar-refractivity contribution in [2.45, 2.75) is 6.54 Å². The van der Waals surface area contributed by atoms with Crippen molar-refractivity contribution in [2.24, 2.45) is 0 Å². The van der Waals surface area contributed by atoms with Gasteiger partial charge in [0.1, 0.15) is 6.54 Å². The maximum absolute atomic E-state index is 11.6. The van der Waals surface area contributed by atoms with Gasteiger partial charge in [-0.05, 0) is 11.6 Å². The third kappa shape index (κ3) is 1.35. The number of carbonyl (C=O) groups excluding carboxylic acids is 1. The number of fused-ring (bicyclic) bond motifs is 1. The minimum Gasteiger partial charge on any atom is -0.480 e. The number of carboxylic acids is 1. The van der Waals surface area contributed by atoms with Crippen LogP contribution in [0.4, 0.5) is 0 Å². The predicted molar refractivity (Wildman–Crippen MR) is 48.8 cm³/mol. The summed E-state index contributed by atoms with van der Waals surface area (Å²) in [5.41, 5.74) is 1.52. The van der Waals surface area contributed by atoms with Crippen molar-refractivity contribution in [3.8, 4) is 0 Å². The van der Waals surface area contributed by atoms with Crippen LogP contribution in [-0.4, -0.2) is 28.4 Å². The third-order valence-corrected chi connectivity index (χ3v) is 2.22. The highest BCUT2D eigenvalue weighted by molar-refractivity contribution is 5.99. The van der Waals surface area contributed by atoms with E-state index in [2.05, 4.69) is 0 Å². The van der Waals surface area contributed by atoms with E-state index in [4.69, 9.17) is 5.11 Å². The molecule has 1 aliphatic heterocycles. The van der Waals surface area contributed by atoms with Crippen LogP contribution in [0, 0.1) is 0 Å². The van der Waals surface area contributed by atoms with Gasteiger partial charge in [0.2, 0.25) is 0 Å². The summed E-state index contributed by atoms with van der Waals surface area (Å²) in [5, 5.41) is 8.58. The molecular weight excluding hydrogens is 182 g/mol. The smallest absolute Gasteiger partial charge is 0.323 e. The second-order valence-electron chi connectivity index (χ2n) is 3.21. The molecule has 0 saturated carbocycles. The first-order valence-electron chi connectivity index (χ1n) is 4.27. The molecule has 0 aromatic heterocycles. The number of hydrogen-bond donors (Lipinski definition) is 1. The lowest BCUT2D eigenvalue weighted by atomic mass is 10.1. The summed E-state index contributed by atoms with van der Waals surface area (Å²) in [6.45, 7) is 0.175. The van der Waals surface area contributed by atoms with E-state index in [0.29, 0.717) is 12.1 Å². The molecule has 4 nitrogen and oxygen atoms in total. The molecule has 1 aliphatic rings. The molecule has 0 unspecified atom stereocenters. The summed E-state index contributed by atoms with van der Waals surface area (Å²) in [6.07, 6.45) is 0. The highest BCUT2D eigenvalue weighted by Crippen LogP contribution is 2.21. The van der Waals surface area contributed by atoms with E-state index in [-0.39, 0.29) is 12.5 Å². The van der Waals surface area contributed by atoms with Crippen LogP contribution in [0.3, 0.4) is 0 Å². The molecule has 0 saturated heterocycles. The van der Waals surface area contributed by atoms with Crippen LogP contribution < -0.4 is 0 Å². The molecule has 4 heteroatoms. The molecule has 72 valence electrons. The van der Waals surface area contributed by atoms with Crippen LogP contribution in [0.1, 0.15) is 15.9 Å². The van der Waals surface area contributed by atoms with Crippen LogP contribution in [0.5, 0.6) is 0 Å². The second-order valence-corrected chi connectivity index (χ2v) is 3.21. The van der Waals surface area contributed by atoms with Gasteiger partial charge in [-0.2, -0.15) is 0 Å². The topological polar surface area (TPSA) is 57.6 Å². The standard InChI is InChI=1S/C10H9NO3/c12-9(13)6-11-5-7-3-1-2-4-8(7)10(11)14/h1-4H,5-6H2,(H,12,13). The molecule has 0 aliphatic carbocycles. The van der Waals surface area contributed by atoms with Gasteiger partial charge in [-0.25, -0.2) is 0 Å². The number of carbonyl (C=O) groups is 2. The van der Waals surface area contributed by atoms with E-state index in [1.165, 1.54) is 4.90 Å². The Kier molecular flexibility index (Phi) is 1.96. The van der Waals surface area contributed by atoms with Gasteiger partial charge in [-0.3, -0.25) is 9.59 Å². The van der Waals surface area contributed by atoms with Crippen molar-refractivity contribution in [1.82, 2.24) is 4.90 Å². The maximum Gasteiger partial charge on any atom is 0.323 e. The Labute approximate surface area is 80.8 Å². The summed E-state index contributed by atoms with van der Waals surface area (Å²) in [5.74, 6) is -1.17. The van der Waals surface area contributed by atoms with Crippen molar-refractivity contribution in [2.75, 3.05) is 6.54 Å². The minimum atomic E-state index is -0.980. The van der Waals surface area contributed by atoms with Gasteiger partial charge in [-0.1, -0.05) is 18.2 Å². The molecule has 1 N–H and O–H groups in total. The van der Waals surface area contributed by atoms with Crippen molar-refractivity contribution >= 4 is 11.9 Å². The fourth-order valence-electron chi connectivity index (χ4n) is 1.61. The number of benzene rings is 1. The van der Waals surface area contributed by atoms with Gasteiger partial charge in [0.05, 0.1) is 0 Å². The molecule has 1 aromatic carbocycles. The molecule has 0 atom stereocenters. The van der Waals surface area contributed by atoms with Crippen molar-refractivity contribution in [1.29, 1.82) is 0 Å². The normalized spacial score (nSPS) is 14.3. The van der Waals surface area contributed by atoms with Gasteiger partial charge in [0.25, 0.3) is 5.91 Å². The van der Waals surface area contributed by atoms with Crippen LogP contribution in [0.15, 0.2) is 24.3 Å². The van der Waals surface area contributed by atoms with Crippen LogP contribution in [-0.2, 0) is 11.3 Å². The Bertz CT molecular complexity index is 400. The van der Waals surface area contributed by atoms with Crippen LogP contribution in [0.2, 0.25) is 0 Å². The molecule has 0 fully saturated rings. The summed E-state index contributed by atoms with van der Waals surface area (Å²) < 4.78 is 0. The Balaban J connectivity index is 2.26. The lowest BCUT2D eigenvalue weighted by molar-refractivity contribution is -0.137. The minimum absolute atomic E-state index is 0.192. The molecule has 0 radical (unpaired) electrons. The highest BCUT2D eigenvalue weighted by Gasteiger charge is 2.27. The van der Waals surface area contributed by atoms with Gasteiger partial charge >= 0.3 is 5.97 Å². The van der Waals surface area contributed by atoms with E-state index >= 15 is 0 Å². The number of hydrogen-bond acceptors (Lipinski definition) is 2. The Morgan fingerprint density at radius 1 is 1.43 bits per heavy atom. The van der Waals surface area contributed by atoms with E-state index in [1.807, 2.05) is 12.1 Å². The summed E-state index contributed by atoms with van der Waals surface area (Å²) in [7, 11) is 0. The van der Waals surface area contributed by atoms with E-state index < -0.39 is 5.97 Å². The van der Waals surface area contributed by atoms with Gasteiger partial charge in [-0.15, -0.1) is 0 Å². The first-order chi connectivity index (χ1) is 6.68. The van der Waals surface area contributed by atoms with Crippen molar-refractivity contribution in [3.63, 3.8) is 0 Å². The molecule has 0 spiro atoms. The number of nitrogens with zero attached hydrogens (tertiary/aromatic N) is 1. The summed E-state index contributed by atoms with van der Waals surface area (Å²) in [4.78, 5) is 23.4. The van der Waals surface area contributed by atoms with Crippen molar-refractivity contribution in [3.05, 3.63) is 35.4 Å². The SMILES string of the molecule is O=C(O)CN1Cc2ccccc2C1=O. The molecule has 1 heterocycles. The number of amides is 1. The number of aliphatic carboxylic acids is 1. The van der Waals surface area contributed by atoms with Crippen LogP contribution in [0.25, 0.3) is 0 Å². The second kappa shape index (κ2) is 3.14. The Hall–Kier alpha value is -1.84. The predicted octanol–water partition coefficient (Wildman–Crippen LogP) is 0.727. The zero-order valence-corrected chi connectivity index (χ0v) is 7.43. The molecule has 1 aromatic rings. The fraction of sp³-hybridized carbons (Fsp3) is 0.200. The zero-order chi connectivity index (χ0) is 10.1. The lowest BCUT2D eigenvalue weighted by Crippen LogP contribution is -2.29. The first-order valence-corrected chi connectivity index (χ1v) is 4.27. The summed E-state index contributed by atoms with van der Waals surface area (Å²) in [6, 6.07) is 7.19. The van der Waals surface area contributed by atoms with E-state index in [9.17, 15) is 9.59 Å². The third-order valence-electron chi connectivity index (χ3n) is 2.22. The fourth-order valence-corrected chi connectivity index (χ4v) is 1.61. The first kappa shape index (κ1) is 8.74. The quantitative estimate of drug-likeness (QED) is 0.749. The van der Waals surface area contributed by atoms with E-state index in [1.54, 1.807) is 12.1 Å². The van der Waals surface area contributed by atoms with E-state index in [0.717, 1.165) is 5.56 Å². The lowest BCUT2D eigenvalue weighted by Gasteiger charge is -2.11. The summed E-state index contributed by atoms with van der Waals surface area (Å²) >= 11 is 0. The largest absolute Gasteiger partial charge is 0.480 e. The average Bonchev–Trinajstić information content (AvgIpc) is 2.44. The van der Waals surface area contributed by atoms with Crippen molar-refractivity contribution < 1.29 is 14.7 Å².